The Bertz CT molecular complexity index is 422. The monoisotopic (exact) mass is 283 g/mol. The lowest BCUT2D eigenvalue weighted by molar-refractivity contribution is -0.119. The van der Waals surface area contributed by atoms with Gasteiger partial charge < -0.3 is 16.4 Å². The fraction of sp³-hybridized carbons (Fsp3) is 0.364. The molecule has 2 rings (SSSR count). The molecule has 4 nitrogen and oxygen atoms in total. The number of amides is 1. The molecule has 0 aliphatic carbocycles. The molecule has 0 bridgehead atoms. The van der Waals surface area contributed by atoms with Gasteiger partial charge in [-0.2, -0.15) is 0 Å². The largest absolute Gasteiger partial charge is 0.397 e. The Balaban J connectivity index is 2.35. The second kappa shape index (κ2) is 4.33. The van der Waals surface area contributed by atoms with Crippen molar-refractivity contribution in [2.45, 2.75) is 18.9 Å². The first kappa shape index (κ1) is 11.3. The second-order valence-corrected chi connectivity index (χ2v) is 4.87. The normalized spacial score (nSPS) is 20.1. The number of hydrogen-bond donors (Lipinski definition) is 2. The van der Waals surface area contributed by atoms with Crippen molar-refractivity contribution < 1.29 is 4.79 Å². The maximum absolute atomic E-state index is 11.3. The highest BCUT2D eigenvalue weighted by molar-refractivity contribution is 9.10. The maximum Gasteiger partial charge on any atom is 0.240 e. The Hall–Kier alpha value is -1.23. The molecule has 1 amide bonds. The summed E-state index contributed by atoms with van der Waals surface area (Å²) in [5.41, 5.74) is 12.9. The van der Waals surface area contributed by atoms with E-state index in [0.717, 1.165) is 29.5 Å². The number of carbonyl (C=O) groups is 1. The van der Waals surface area contributed by atoms with Gasteiger partial charge in [0.2, 0.25) is 5.91 Å². The van der Waals surface area contributed by atoms with Crippen LogP contribution < -0.4 is 16.4 Å². The number of nitrogens with two attached hydrogens (primary N) is 2. The predicted molar refractivity (Wildman–Crippen MR) is 68.1 cm³/mol. The van der Waals surface area contributed by atoms with Crippen molar-refractivity contribution in [1.82, 2.24) is 0 Å². The van der Waals surface area contributed by atoms with E-state index in [1.165, 1.54) is 0 Å². The van der Waals surface area contributed by atoms with Gasteiger partial charge in [0.1, 0.15) is 6.04 Å². The van der Waals surface area contributed by atoms with Crippen LogP contribution in [-0.2, 0) is 4.79 Å². The van der Waals surface area contributed by atoms with Gasteiger partial charge in [-0.3, -0.25) is 4.79 Å². The number of anilines is 2. The van der Waals surface area contributed by atoms with Gasteiger partial charge in [-0.1, -0.05) is 15.9 Å². The van der Waals surface area contributed by atoms with Crippen LogP contribution in [0.2, 0.25) is 0 Å². The topological polar surface area (TPSA) is 72.4 Å². The van der Waals surface area contributed by atoms with Crippen LogP contribution >= 0.6 is 15.9 Å². The summed E-state index contributed by atoms with van der Waals surface area (Å²) in [7, 11) is 0. The summed E-state index contributed by atoms with van der Waals surface area (Å²) in [5, 5.41) is 0. The zero-order valence-corrected chi connectivity index (χ0v) is 10.4. The Kier molecular flexibility index (Phi) is 3.05. The summed E-state index contributed by atoms with van der Waals surface area (Å²) >= 11 is 3.40. The first-order chi connectivity index (χ1) is 7.59. The van der Waals surface area contributed by atoms with Gasteiger partial charge >= 0.3 is 0 Å². The van der Waals surface area contributed by atoms with Crippen molar-refractivity contribution in [3.8, 4) is 0 Å². The summed E-state index contributed by atoms with van der Waals surface area (Å²) in [5.74, 6) is -0.281. The van der Waals surface area contributed by atoms with E-state index >= 15 is 0 Å². The van der Waals surface area contributed by atoms with Gasteiger partial charge in [0.05, 0.1) is 11.4 Å². The van der Waals surface area contributed by atoms with E-state index in [1.54, 1.807) is 0 Å². The van der Waals surface area contributed by atoms with Gasteiger partial charge in [-0.05, 0) is 31.0 Å². The summed E-state index contributed by atoms with van der Waals surface area (Å²) in [6.07, 6.45) is 1.78. The SMILES string of the molecule is NC(=O)C1CCCN1c1cc(Br)ccc1N. The minimum absolute atomic E-state index is 0.225. The number of primary amides is 1. The lowest BCUT2D eigenvalue weighted by Crippen LogP contribution is -2.40. The number of halogens is 1. The van der Waals surface area contributed by atoms with Crippen LogP contribution in [0.25, 0.3) is 0 Å². The van der Waals surface area contributed by atoms with Crippen LogP contribution in [0.5, 0.6) is 0 Å². The molecule has 1 aromatic rings. The highest BCUT2D eigenvalue weighted by Gasteiger charge is 2.30. The molecule has 4 N–H and O–H groups in total. The number of hydrogen-bond acceptors (Lipinski definition) is 3. The number of nitrogens with zero attached hydrogens (tertiary/aromatic N) is 1. The molecule has 1 aliphatic heterocycles. The van der Waals surface area contributed by atoms with Gasteiger partial charge in [0.25, 0.3) is 0 Å². The number of nitrogen functional groups attached to an aromatic ring is 1. The van der Waals surface area contributed by atoms with Crippen molar-refractivity contribution in [3.63, 3.8) is 0 Å². The molecule has 0 saturated carbocycles. The molecule has 86 valence electrons. The van der Waals surface area contributed by atoms with E-state index in [0.29, 0.717) is 5.69 Å². The molecule has 1 unspecified atom stereocenters. The molecule has 1 atom stereocenters. The molecule has 16 heavy (non-hydrogen) atoms. The molecule has 0 aromatic heterocycles. The van der Waals surface area contributed by atoms with Crippen molar-refractivity contribution in [3.05, 3.63) is 22.7 Å². The predicted octanol–water partition coefficient (Wildman–Crippen LogP) is 1.49. The molecule has 5 heteroatoms. The van der Waals surface area contributed by atoms with Crippen LogP contribution in [0.1, 0.15) is 12.8 Å². The standard InChI is InChI=1S/C11H14BrN3O/c12-7-3-4-8(13)10(6-7)15-5-1-2-9(15)11(14)16/h3-4,6,9H,1-2,5,13H2,(H2,14,16). The molecule has 0 radical (unpaired) electrons. The Morgan fingerprint density at radius 2 is 2.25 bits per heavy atom. The molecule has 1 saturated heterocycles. The summed E-state index contributed by atoms with van der Waals surface area (Å²) in [6, 6.07) is 5.41. The molecule has 1 heterocycles. The molecule has 1 fully saturated rings. The molecular formula is C11H14BrN3O. The third kappa shape index (κ3) is 2.00. The number of rotatable bonds is 2. The van der Waals surface area contributed by atoms with Gasteiger partial charge in [0, 0.05) is 11.0 Å². The number of carbonyl (C=O) groups excluding carboxylic acids is 1. The highest BCUT2D eigenvalue weighted by atomic mass is 79.9. The van der Waals surface area contributed by atoms with Crippen molar-refractivity contribution in [1.29, 1.82) is 0 Å². The average molecular weight is 284 g/mol. The van der Waals surface area contributed by atoms with Crippen LogP contribution in [0.3, 0.4) is 0 Å². The van der Waals surface area contributed by atoms with Gasteiger partial charge in [0.15, 0.2) is 0 Å². The second-order valence-electron chi connectivity index (χ2n) is 3.96. The molecule has 1 aromatic carbocycles. The third-order valence-corrected chi connectivity index (χ3v) is 3.38. The first-order valence-electron chi connectivity index (χ1n) is 5.20. The van der Waals surface area contributed by atoms with Crippen molar-refractivity contribution in [2.75, 3.05) is 17.2 Å². The fourth-order valence-corrected chi connectivity index (χ4v) is 2.47. The van der Waals surface area contributed by atoms with Gasteiger partial charge in [-0.15, -0.1) is 0 Å². The minimum Gasteiger partial charge on any atom is -0.397 e. The zero-order chi connectivity index (χ0) is 11.7. The fourth-order valence-electron chi connectivity index (χ4n) is 2.12. The Labute approximate surface area is 103 Å². The van der Waals surface area contributed by atoms with Crippen LogP contribution in [0.15, 0.2) is 22.7 Å². The number of benzene rings is 1. The minimum atomic E-state index is -0.281. The summed E-state index contributed by atoms with van der Waals surface area (Å²) < 4.78 is 0.951. The molecule has 1 aliphatic rings. The van der Waals surface area contributed by atoms with E-state index in [-0.39, 0.29) is 11.9 Å². The van der Waals surface area contributed by atoms with Crippen LogP contribution in [-0.4, -0.2) is 18.5 Å². The van der Waals surface area contributed by atoms with E-state index in [4.69, 9.17) is 11.5 Å². The van der Waals surface area contributed by atoms with E-state index in [1.807, 2.05) is 23.1 Å². The van der Waals surface area contributed by atoms with Gasteiger partial charge in [-0.25, -0.2) is 0 Å². The lowest BCUT2D eigenvalue weighted by atomic mass is 10.2. The first-order valence-corrected chi connectivity index (χ1v) is 6.00. The Morgan fingerprint density at radius 3 is 2.94 bits per heavy atom. The molecule has 0 spiro atoms. The highest BCUT2D eigenvalue weighted by Crippen LogP contribution is 2.32. The molecular weight excluding hydrogens is 270 g/mol. The van der Waals surface area contributed by atoms with Crippen molar-refractivity contribution in [2.24, 2.45) is 5.73 Å². The quantitative estimate of drug-likeness (QED) is 0.808. The smallest absolute Gasteiger partial charge is 0.240 e. The van der Waals surface area contributed by atoms with Crippen molar-refractivity contribution >= 4 is 33.2 Å². The lowest BCUT2D eigenvalue weighted by Gasteiger charge is -2.25. The Morgan fingerprint density at radius 1 is 1.50 bits per heavy atom. The van der Waals surface area contributed by atoms with E-state index in [9.17, 15) is 4.79 Å². The van der Waals surface area contributed by atoms with Crippen LogP contribution in [0, 0.1) is 0 Å². The van der Waals surface area contributed by atoms with Crippen LogP contribution in [0.4, 0.5) is 11.4 Å². The summed E-state index contributed by atoms with van der Waals surface area (Å²) in [6.45, 7) is 0.828. The maximum atomic E-state index is 11.3. The zero-order valence-electron chi connectivity index (χ0n) is 8.82. The third-order valence-electron chi connectivity index (χ3n) is 2.88. The van der Waals surface area contributed by atoms with E-state index in [2.05, 4.69) is 15.9 Å². The summed E-state index contributed by atoms with van der Waals surface area (Å²) in [4.78, 5) is 13.3. The average Bonchev–Trinajstić information content (AvgIpc) is 2.70. The van der Waals surface area contributed by atoms with E-state index < -0.39 is 0 Å².